The number of aliphatic hydroxyl groups is 1. The Morgan fingerprint density at radius 3 is 2.21 bits per heavy atom. The van der Waals surface area contributed by atoms with Crippen molar-refractivity contribution in [3.8, 4) is 0 Å². The van der Waals surface area contributed by atoms with Crippen molar-refractivity contribution >= 4 is 11.6 Å². The van der Waals surface area contributed by atoms with Gasteiger partial charge in [-0.2, -0.15) is 0 Å². The Morgan fingerprint density at radius 1 is 1.26 bits per heavy atom. The summed E-state index contributed by atoms with van der Waals surface area (Å²) in [6, 6.07) is 7.54. The number of likely N-dealkylation sites (tertiary alicyclic amines) is 1. The largest absolute Gasteiger partial charge is 0.386 e. The minimum Gasteiger partial charge on any atom is -0.386 e. The minimum absolute atomic E-state index is 0.00405. The summed E-state index contributed by atoms with van der Waals surface area (Å²) in [6.45, 7) is 4.82. The molecule has 1 saturated heterocycles. The number of rotatable bonds is 3. The van der Waals surface area contributed by atoms with Crippen LogP contribution in [0.3, 0.4) is 0 Å². The van der Waals surface area contributed by atoms with Gasteiger partial charge in [-0.1, -0.05) is 13.8 Å². The standard InChI is InChI=1S/C15H22N2O2/c1-11(2)15(19)9-17(10-15)14(18)12-5-7-13(8-6-12)16(3)4/h5-8,11,19H,9-10H2,1-4H3. The van der Waals surface area contributed by atoms with Crippen molar-refractivity contribution in [3.63, 3.8) is 0 Å². The summed E-state index contributed by atoms with van der Waals surface area (Å²) in [7, 11) is 3.93. The number of carbonyl (C=O) groups excluding carboxylic acids is 1. The highest BCUT2D eigenvalue weighted by Crippen LogP contribution is 2.29. The van der Waals surface area contributed by atoms with Crippen LogP contribution in [0.5, 0.6) is 0 Å². The van der Waals surface area contributed by atoms with Crippen LogP contribution in [0.2, 0.25) is 0 Å². The van der Waals surface area contributed by atoms with Gasteiger partial charge in [0.15, 0.2) is 0 Å². The number of anilines is 1. The molecular weight excluding hydrogens is 240 g/mol. The molecule has 0 aliphatic carbocycles. The van der Waals surface area contributed by atoms with E-state index in [1.165, 1.54) is 0 Å². The SMILES string of the molecule is CC(C)C1(O)CN(C(=O)c2ccc(N(C)C)cc2)C1. The van der Waals surface area contributed by atoms with E-state index < -0.39 is 5.60 Å². The molecule has 1 amide bonds. The van der Waals surface area contributed by atoms with Crippen molar-refractivity contribution in [2.75, 3.05) is 32.1 Å². The Labute approximate surface area is 114 Å². The van der Waals surface area contributed by atoms with Crippen molar-refractivity contribution < 1.29 is 9.90 Å². The lowest BCUT2D eigenvalue weighted by Crippen LogP contribution is -2.65. The van der Waals surface area contributed by atoms with Crippen LogP contribution in [0.25, 0.3) is 0 Å². The molecule has 1 N–H and O–H groups in total. The number of amides is 1. The van der Waals surface area contributed by atoms with Crippen molar-refractivity contribution in [2.24, 2.45) is 5.92 Å². The van der Waals surface area contributed by atoms with Crippen molar-refractivity contribution in [1.29, 1.82) is 0 Å². The molecule has 19 heavy (non-hydrogen) atoms. The van der Waals surface area contributed by atoms with Crippen LogP contribution >= 0.6 is 0 Å². The quantitative estimate of drug-likeness (QED) is 0.899. The summed E-state index contributed by atoms with van der Waals surface area (Å²) in [5.41, 5.74) is 1.04. The van der Waals surface area contributed by atoms with E-state index in [2.05, 4.69) is 0 Å². The van der Waals surface area contributed by atoms with Crippen LogP contribution in [0.15, 0.2) is 24.3 Å². The van der Waals surface area contributed by atoms with E-state index in [4.69, 9.17) is 0 Å². The first kappa shape index (κ1) is 13.9. The van der Waals surface area contributed by atoms with E-state index in [0.29, 0.717) is 18.7 Å². The minimum atomic E-state index is -0.709. The Balaban J connectivity index is 2.02. The first-order valence-corrected chi connectivity index (χ1v) is 6.62. The van der Waals surface area contributed by atoms with E-state index in [-0.39, 0.29) is 11.8 Å². The third-order valence-electron chi connectivity index (χ3n) is 3.92. The molecule has 0 radical (unpaired) electrons. The van der Waals surface area contributed by atoms with Gasteiger partial charge in [0.2, 0.25) is 0 Å². The summed E-state index contributed by atoms with van der Waals surface area (Å²) in [4.78, 5) is 15.9. The predicted molar refractivity (Wildman–Crippen MR) is 76.5 cm³/mol. The molecule has 1 aromatic rings. The first-order valence-electron chi connectivity index (χ1n) is 6.62. The van der Waals surface area contributed by atoms with Gasteiger partial charge in [-0.15, -0.1) is 0 Å². The van der Waals surface area contributed by atoms with E-state index >= 15 is 0 Å². The zero-order valence-electron chi connectivity index (χ0n) is 12.1. The normalized spacial score (nSPS) is 17.3. The molecule has 4 nitrogen and oxygen atoms in total. The molecule has 1 aliphatic rings. The number of carbonyl (C=O) groups is 1. The number of nitrogens with zero attached hydrogens (tertiary/aromatic N) is 2. The fourth-order valence-electron chi connectivity index (χ4n) is 2.21. The lowest BCUT2D eigenvalue weighted by atomic mass is 9.82. The third kappa shape index (κ3) is 2.59. The first-order chi connectivity index (χ1) is 8.83. The predicted octanol–water partition coefficient (Wildman–Crippen LogP) is 1.60. The molecule has 0 spiro atoms. The van der Waals surface area contributed by atoms with Gasteiger partial charge in [0.05, 0.1) is 13.1 Å². The van der Waals surface area contributed by atoms with E-state index in [1.54, 1.807) is 4.90 Å². The van der Waals surface area contributed by atoms with Crippen LogP contribution in [0, 0.1) is 5.92 Å². The molecule has 1 aromatic carbocycles. The van der Waals surface area contributed by atoms with Gasteiger partial charge in [0.1, 0.15) is 5.60 Å². The molecule has 0 atom stereocenters. The highest BCUT2D eigenvalue weighted by Gasteiger charge is 2.45. The van der Waals surface area contributed by atoms with Crippen LogP contribution in [0.4, 0.5) is 5.69 Å². The number of hydrogen-bond acceptors (Lipinski definition) is 3. The average Bonchev–Trinajstić information content (AvgIpc) is 2.34. The van der Waals surface area contributed by atoms with Gasteiger partial charge < -0.3 is 14.9 Å². The second-order valence-corrected chi connectivity index (χ2v) is 5.86. The molecule has 0 unspecified atom stereocenters. The molecule has 104 valence electrons. The zero-order valence-corrected chi connectivity index (χ0v) is 12.1. The Hall–Kier alpha value is -1.55. The second-order valence-electron chi connectivity index (χ2n) is 5.86. The van der Waals surface area contributed by atoms with E-state index in [0.717, 1.165) is 5.69 Å². The van der Waals surface area contributed by atoms with Gasteiger partial charge in [0, 0.05) is 25.3 Å². The maximum absolute atomic E-state index is 12.2. The van der Waals surface area contributed by atoms with E-state index in [9.17, 15) is 9.90 Å². The number of benzene rings is 1. The molecule has 1 heterocycles. The summed E-state index contributed by atoms with van der Waals surface area (Å²) in [6.07, 6.45) is 0. The van der Waals surface area contributed by atoms with Gasteiger partial charge in [0.25, 0.3) is 5.91 Å². The topological polar surface area (TPSA) is 43.8 Å². The van der Waals surface area contributed by atoms with Crippen LogP contribution in [-0.2, 0) is 0 Å². The second kappa shape index (κ2) is 4.85. The van der Waals surface area contributed by atoms with Crippen LogP contribution in [0.1, 0.15) is 24.2 Å². The van der Waals surface area contributed by atoms with Gasteiger partial charge >= 0.3 is 0 Å². The lowest BCUT2D eigenvalue weighted by molar-refractivity contribution is -0.110. The molecule has 0 bridgehead atoms. The molecule has 0 saturated carbocycles. The smallest absolute Gasteiger partial charge is 0.254 e. The Kier molecular flexibility index (Phi) is 3.54. The van der Waals surface area contributed by atoms with Gasteiger partial charge in [-0.05, 0) is 30.2 Å². The zero-order chi connectivity index (χ0) is 14.2. The number of hydrogen-bond donors (Lipinski definition) is 1. The maximum Gasteiger partial charge on any atom is 0.254 e. The summed E-state index contributed by atoms with van der Waals surface area (Å²) < 4.78 is 0. The summed E-state index contributed by atoms with van der Waals surface area (Å²) >= 11 is 0. The molecule has 1 aliphatic heterocycles. The highest BCUT2D eigenvalue weighted by molar-refractivity contribution is 5.95. The van der Waals surface area contributed by atoms with Gasteiger partial charge in [-0.3, -0.25) is 4.79 Å². The van der Waals surface area contributed by atoms with Crippen molar-refractivity contribution in [1.82, 2.24) is 4.90 Å². The van der Waals surface area contributed by atoms with Crippen LogP contribution < -0.4 is 4.90 Å². The van der Waals surface area contributed by atoms with Crippen LogP contribution in [-0.4, -0.2) is 48.7 Å². The van der Waals surface area contributed by atoms with Crippen molar-refractivity contribution in [2.45, 2.75) is 19.4 Å². The summed E-state index contributed by atoms with van der Waals surface area (Å²) in [5, 5.41) is 10.2. The molecule has 0 aromatic heterocycles. The Morgan fingerprint density at radius 2 is 1.79 bits per heavy atom. The number of β-amino-alcohol motifs (C(OH)–C–C–N with tert-alkyl or cyclic N) is 1. The van der Waals surface area contributed by atoms with E-state index in [1.807, 2.05) is 57.1 Å². The lowest BCUT2D eigenvalue weighted by Gasteiger charge is -2.49. The molecule has 2 rings (SSSR count). The maximum atomic E-state index is 12.2. The monoisotopic (exact) mass is 262 g/mol. The fraction of sp³-hybridized carbons (Fsp3) is 0.533. The molecule has 4 heteroatoms. The molecular formula is C15H22N2O2. The third-order valence-corrected chi connectivity index (χ3v) is 3.92. The fourth-order valence-corrected chi connectivity index (χ4v) is 2.21. The summed E-state index contributed by atoms with van der Waals surface area (Å²) in [5.74, 6) is 0.170. The average molecular weight is 262 g/mol. The van der Waals surface area contributed by atoms with Gasteiger partial charge in [-0.25, -0.2) is 0 Å². The molecule has 1 fully saturated rings. The highest BCUT2D eigenvalue weighted by atomic mass is 16.3. The Bertz CT molecular complexity index is 460. The van der Waals surface area contributed by atoms with Crippen molar-refractivity contribution in [3.05, 3.63) is 29.8 Å².